The topological polar surface area (TPSA) is 74.8 Å². The van der Waals surface area contributed by atoms with Gasteiger partial charge in [-0.3, -0.25) is 9.79 Å². The summed E-state index contributed by atoms with van der Waals surface area (Å²) in [6.07, 6.45) is 0.887. The number of carbonyl (C=O) groups excluding carboxylic acids is 1. The van der Waals surface area contributed by atoms with Crippen molar-refractivity contribution in [2.45, 2.75) is 20.3 Å². The maximum atomic E-state index is 12.0. The molecule has 6 nitrogen and oxygen atoms in total. The summed E-state index contributed by atoms with van der Waals surface area (Å²) in [5, 5.41) is 9.83. The van der Waals surface area contributed by atoms with Crippen LogP contribution >= 0.6 is 11.6 Å². The van der Waals surface area contributed by atoms with Gasteiger partial charge in [0.05, 0.1) is 0 Å². The highest BCUT2D eigenvalue weighted by molar-refractivity contribution is 6.30. The van der Waals surface area contributed by atoms with Gasteiger partial charge in [-0.15, -0.1) is 0 Å². The lowest BCUT2D eigenvalue weighted by Crippen LogP contribution is -2.41. The molecule has 1 rings (SSSR count). The number of nitrogens with one attached hydrogen (secondary N) is 3. The number of halogens is 1. The van der Waals surface area contributed by atoms with Crippen molar-refractivity contribution in [2.75, 3.05) is 39.4 Å². The van der Waals surface area contributed by atoms with Crippen LogP contribution in [0.15, 0.2) is 29.3 Å². The molecule has 1 aromatic carbocycles. The summed E-state index contributed by atoms with van der Waals surface area (Å²) in [7, 11) is 0. The summed E-state index contributed by atoms with van der Waals surface area (Å²) in [5.41, 5.74) is 0.593. The third kappa shape index (κ3) is 8.74. The minimum absolute atomic E-state index is 0.118. The van der Waals surface area contributed by atoms with E-state index in [0.717, 1.165) is 32.1 Å². The Labute approximate surface area is 149 Å². The predicted molar refractivity (Wildman–Crippen MR) is 98.9 cm³/mol. The van der Waals surface area contributed by atoms with Crippen molar-refractivity contribution in [1.29, 1.82) is 0 Å². The first-order chi connectivity index (χ1) is 11.7. The zero-order valence-corrected chi connectivity index (χ0v) is 15.2. The maximum absolute atomic E-state index is 12.0. The van der Waals surface area contributed by atoms with Gasteiger partial charge in [0.25, 0.3) is 5.91 Å². The standard InChI is InChI=1S/C17H27ClN4O2/c1-3-19-17(21-10-5-13-24-4-2)22-12-11-20-16(23)14-6-8-15(18)9-7-14/h6-9H,3-5,10-13H2,1-2H3,(H,20,23)(H2,19,21,22). The number of benzene rings is 1. The van der Waals surface area contributed by atoms with E-state index in [1.807, 2.05) is 13.8 Å². The smallest absolute Gasteiger partial charge is 0.251 e. The number of aliphatic imine (C=N–C) groups is 1. The summed E-state index contributed by atoms with van der Waals surface area (Å²) in [4.78, 5) is 16.4. The molecule has 7 heteroatoms. The molecule has 0 aliphatic rings. The molecule has 0 atom stereocenters. The van der Waals surface area contributed by atoms with E-state index in [1.54, 1.807) is 24.3 Å². The molecule has 0 saturated heterocycles. The van der Waals surface area contributed by atoms with E-state index in [9.17, 15) is 4.79 Å². The minimum Gasteiger partial charge on any atom is -0.382 e. The molecular formula is C17H27ClN4O2. The fraction of sp³-hybridized carbons (Fsp3) is 0.529. The van der Waals surface area contributed by atoms with E-state index < -0.39 is 0 Å². The molecule has 0 aliphatic carbocycles. The summed E-state index contributed by atoms with van der Waals surface area (Å²) in [6.45, 7) is 8.03. The number of nitrogens with zero attached hydrogens (tertiary/aromatic N) is 1. The highest BCUT2D eigenvalue weighted by atomic mass is 35.5. The molecule has 0 aliphatic heterocycles. The Morgan fingerprint density at radius 1 is 1.12 bits per heavy atom. The lowest BCUT2D eigenvalue weighted by Gasteiger charge is -2.12. The molecule has 0 fully saturated rings. The number of rotatable bonds is 10. The fourth-order valence-corrected chi connectivity index (χ4v) is 2.03. The third-order valence-corrected chi connectivity index (χ3v) is 3.33. The molecule has 0 saturated carbocycles. The van der Waals surface area contributed by atoms with Crippen LogP contribution < -0.4 is 16.0 Å². The van der Waals surface area contributed by atoms with Gasteiger partial charge in [-0.2, -0.15) is 0 Å². The fourth-order valence-electron chi connectivity index (χ4n) is 1.90. The summed E-state index contributed by atoms with van der Waals surface area (Å²) >= 11 is 5.81. The molecule has 0 radical (unpaired) electrons. The van der Waals surface area contributed by atoms with E-state index in [1.165, 1.54) is 0 Å². The van der Waals surface area contributed by atoms with Crippen LogP contribution in [0.2, 0.25) is 5.02 Å². The van der Waals surface area contributed by atoms with E-state index in [0.29, 0.717) is 30.2 Å². The number of carbonyl (C=O) groups is 1. The lowest BCUT2D eigenvalue weighted by molar-refractivity contribution is 0.0954. The van der Waals surface area contributed by atoms with E-state index >= 15 is 0 Å². The molecule has 0 unspecified atom stereocenters. The minimum atomic E-state index is -0.118. The number of hydrogen-bond donors (Lipinski definition) is 3. The van der Waals surface area contributed by atoms with Gasteiger partial charge in [-0.1, -0.05) is 11.6 Å². The van der Waals surface area contributed by atoms with Crippen LogP contribution in [-0.4, -0.2) is 51.3 Å². The Morgan fingerprint density at radius 2 is 1.83 bits per heavy atom. The van der Waals surface area contributed by atoms with E-state index in [4.69, 9.17) is 16.3 Å². The molecule has 0 heterocycles. The lowest BCUT2D eigenvalue weighted by atomic mass is 10.2. The Kier molecular flexibility index (Phi) is 10.6. The highest BCUT2D eigenvalue weighted by Gasteiger charge is 2.04. The van der Waals surface area contributed by atoms with Crippen molar-refractivity contribution in [2.24, 2.45) is 4.99 Å². The molecular weight excluding hydrogens is 328 g/mol. The first kappa shape index (κ1) is 20.3. The van der Waals surface area contributed by atoms with Crippen LogP contribution in [0.25, 0.3) is 0 Å². The van der Waals surface area contributed by atoms with Crippen molar-refractivity contribution in [3.05, 3.63) is 34.9 Å². The van der Waals surface area contributed by atoms with Crippen molar-refractivity contribution in [3.8, 4) is 0 Å². The summed E-state index contributed by atoms with van der Waals surface area (Å²) in [5.74, 6) is 0.627. The van der Waals surface area contributed by atoms with Crippen LogP contribution in [0.1, 0.15) is 30.6 Å². The van der Waals surface area contributed by atoms with Crippen LogP contribution in [0.3, 0.4) is 0 Å². The van der Waals surface area contributed by atoms with Crippen LogP contribution in [0.4, 0.5) is 0 Å². The molecule has 134 valence electrons. The Bertz CT molecular complexity index is 506. The molecule has 0 bridgehead atoms. The SMILES string of the molecule is CCNC(=NCCCOCC)NCCNC(=O)c1ccc(Cl)cc1. The molecule has 0 spiro atoms. The van der Waals surface area contributed by atoms with Crippen molar-refractivity contribution < 1.29 is 9.53 Å². The number of ether oxygens (including phenoxy) is 1. The second-order valence-corrected chi connectivity index (χ2v) is 5.44. The van der Waals surface area contributed by atoms with Gasteiger partial charge in [0.1, 0.15) is 0 Å². The van der Waals surface area contributed by atoms with Crippen molar-refractivity contribution >= 4 is 23.5 Å². The average molecular weight is 355 g/mol. The largest absolute Gasteiger partial charge is 0.382 e. The summed E-state index contributed by atoms with van der Waals surface area (Å²) < 4.78 is 5.28. The highest BCUT2D eigenvalue weighted by Crippen LogP contribution is 2.09. The van der Waals surface area contributed by atoms with Crippen LogP contribution in [0.5, 0.6) is 0 Å². The van der Waals surface area contributed by atoms with Gasteiger partial charge in [-0.25, -0.2) is 0 Å². The average Bonchev–Trinajstić information content (AvgIpc) is 2.58. The van der Waals surface area contributed by atoms with Gasteiger partial charge in [-0.05, 0) is 44.5 Å². The van der Waals surface area contributed by atoms with Crippen LogP contribution in [-0.2, 0) is 4.74 Å². The number of guanidine groups is 1. The summed E-state index contributed by atoms with van der Waals surface area (Å²) in [6, 6.07) is 6.81. The Balaban J connectivity index is 2.27. The zero-order chi connectivity index (χ0) is 17.6. The molecule has 24 heavy (non-hydrogen) atoms. The Morgan fingerprint density at radius 3 is 2.50 bits per heavy atom. The Hall–Kier alpha value is -1.79. The van der Waals surface area contributed by atoms with Crippen molar-refractivity contribution in [3.63, 3.8) is 0 Å². The zero-order valence-electron chi connectivity index (χ0n) is 14.4. The molecule has 0 aromatic heterocycles. The maximum Gasteiger partial charge on any atom is 0.251 e. The molecule has 1 amide bonds. The van der Waals surface area contributed by atoms with Gasteiger partial charge in [0.2, 0.25) is 0 Å². The predicted octanol–water partition coefficient (Wildman–Crippen LogP) is 2.05. The molecule has 3 N–H and O–H groups in total. The second kappa shape index (κ2) is 12.6. The van der Waals surface area contributed by atoms with Gasteiger partial charge >= 0.3 is 0 Å². The first-order valence-corrected chi connectivity index (χ1v) is 8.68. The van der Waals surface area contributed by atoms with E-state index in [-0.39, 0.29) is 5.91 Å². The van der Waals surface area contributed by atoms with Gasteiger partial charge < -0.3 is 20.7 Å². The van der Waals surface area contributed by atoms with E-state index in [2.05, 4.69) is 20.9 Å². The van der Waals surface area contributed by atoms with Gasteiger partial charge in [0, 0.05) is 50.0 Å². The number of hydrogen-bond acceptors (Lipinski definition) is 3. The second-order valence-electron chi connectivity index (χ2n) is 5.00. The molecule has 1 aromatic rings. The third-order valence-electron chi connectivity index (χ3n) is 3.07. The quantitative estimate of drug-likeness (QED) is 0.341. The normalized spacial score (nSPS) is 11.2. The monoisotopic (exact) mass is 354 g/mol. The van der Waals surface area contributed by atoms with Crippen molar-refractivity contribution in [1.82, 2.24) is 16.0 Å². The first-order valence-electron chi connectivity index (χ1n) is 8.31. The van der Waals surface area contributed by atoms with Crippen LogP contribution in [0, 0.1) is 0 Å². The number of amides is 1. The van der Waals surface area contributed by atoms with Gasteiger partial charge in [0.15, 0.2) is 5.96 Å².